The van der Waals surface area contributed by atoms with Crippen LogP contribution in [0.3, 0.4) is 0 Å². The van der Waals surface area contributed by atoms with Crippen molar-refractivity contribution in [1.82, 2.24) is 15.5 Å². The lowest BCUT2D eigenvalue weighted by molar-refractivity contribution is -0.122. The minimum absolute atomic E-state index is 0.0775. The van der Waals surface area contributed by atoms with Crippen LogP contribution >= 0.6 is 0 Å². The van der Waals surface area contributed by atoms with E-state index < -0.39 is 0 Å². The smallest absolute Gasteiger partial charge is 0.236 e. The Balaban J connectivity index is 2.06. The molecule has 2 N–H and O–H groups in total. The van der Waals surface area contributed by atoms with E-state index in [-0.39, 0.29) is 11.9 Å². The summed E-state index contributed by atoms with van der Waals surface area (Å²) in [4.78, 5) is 14.1. The highest BCUT2D eigenvalue weighted by atomic mass is 16.2. The van der Waals surface area contributed by atoms with Gasteiger partial charge in [0, 0.05) is 19.6 Å². The average molecular weight is 241 g/mol. The Morgan fingerprint density at radius 2 is 1.94 bits per heavy atom. The molecule has 0 bridgehead atoms. The second-order valence-corrected chi connectivity index (χ2v) is 4.87. The Kier molecular flexibility index (Phi) is 7.21. The van der Waals surface area contributed by atoms with E-state index in [0.717, 1.165) is 26.1 Å². The molecule has 0 aliphatic carbocycles. The first-order valence-electron chi connectivity index (χ1n) is 6.97. The normalized spacial score (nSPS) is 18.9. The van der Waals surface area contributed by atoms with E-state index in [4.69, 9.17) is 0 Å². The van der Waals surface area contributed by atoms with Crippen molar-refractivity contribution in [2.75, 3.05) is 32.7 Å². The molecule has 0 saturated carbocycles. The summed E-state index contributed by atoms with van der Waals surface area (Å²) in [6.45, 7) is 9.18. The monoisotopic (exact) mass is 241 g/mol. The van der Waals surface area contributed by atoms with Crippen LogP contribution in [0, 0.1) is 0 Å². The largest absolute Gasteiger partial charge is 0.355 e. The van der Waals surface area contributed by atoms with Crippen molar-refractivity contribution in [2.24, 2.45) is 0 Å². The minimum Gasteiger partial charge on any atom is -0.355 e. The highest BCUT2D eigenvalue weighted by Crippen LogP contribution is 2.07. The van der Waals surface area contributed by atoms with E-state index >= 15 is 0 Å². The topological polar surface area (TPSA) is 44.4 Å². The Morgan fingerprint density at radius 3 is 2.59 bits per heavy atom. The quantitative estimate of drug-likeness (QED) is 0.698. The van der Waals surface area contributed by atoms with E-state index in [2.05, 4.69) is 22.5 Å². The third kappa shape index (κ3) is 6.03. The van der Waals surface area contributed by atoms with Gasteiger partial charge in [-0.15, -0.1) is 0 Å². The molecule has 17 heavy (non-hydrogen) atoms. The molecular weight excluding hydrogens is 214 g/mol. The minimum atomic E-state index is -0.0775. The lowest BCUT2D eigenvalue weighted by Crippen LogP contribution is -2.45. The van der Waals surface area contributed by atoms with Crippen molar-refractivity contribution in [3.63, 3.8) is 0 Å². The highest BCUT2D eigenvalue weighted by Gasteiger charge is 2.13. The number of carbonyl (C=O) groups excluding carboxylic acids is 1. The number of piperidine rings is 1. The summed E-state index contributed by atoms with van der Waals surface area (Å²) in [5.41, 5.74) is 0. The van der Waals surface area contributed by atoms with Crippen LogP contribution < -0.4 is 10.6 Å². The zero-order valence-corrected chi connectivity index (χ0v) is 11.3. The first-order chi connectivity index (χ1) is 8.24. The molecule has 1 saturated heterocycles. The van der Waals surface area contributed by atoms with Crippen molar-refractivity contribution in [3.05, 3.63) is 0 Å². The summed E-state index contributed by atoms with van der Waals surface area (Å²) in [5.74, 6) is 0.116. The zero-order valence-electron chi connectivity index (χ0n) is 11.3. The molecule has 1 amide bonds. The van der Waals surface area contributed by atoms with Crippen LogP contribution in [0.15, 0.2) is 0 Å². The van der Waals surface area contributed by atoms with Crippen LogP contribution in [-0.2, 0) is 4.79 Å². The van der Waals surface area contributed by atoms with Crippen molar-refractivity contribution in [3.8, 4) is 0 Å². The molecule has 1 rings (SSSR count). The summed E-state index contributed by atoms with van der Waals surface area (Å²) in [6.07, 6.45) is 5.02. The molecule has 0 aromatic rings. The summed E-state index contributed by atoms with van der Waals surface area (Å²) in [5, 5.41) is 6.19. The van der Waals surface area contributed by atoms with Gasteiger partial charge in [0.05, 0.1) is 6.04 Å². The van der Waals surface area contributed by atoms with Gasteiger partial charge >= 0.3 is 0 Å². The summed E-state index contributed by atoms with van der Waals surface area (Å²) >= 11 is 0. The van der Waals surface area contributed by atoms with Crippen LogP contribution in [0.2, 0.25) is 0 Å². The number of rotatable bonds is 7. The van der Waals surface area contributed by atoms with Gasteiger partial charge in [0.1, 0.15) is 0 Å². The molecule has 1 aliphatic rings. The van der Waals surface area contributed by atoms with Gasteiger partial charge in [0.25, 0.3) is 0 Å². The van der Waals surface area contributed by atoms with Gasteiger partial charge in [0.15, 0.2) is 0 Å². The predicted octanol–water partition coefficient (Wildman–Crippen LogP) is 0.977. The number of carbonyl (C=O) groups is 1. The molecule has 1 unspecified atom stereocenters. The van der Waals surface area contributed by atoms with Gasteiger partial charge in [0.2, 0.25) is 5.91 Å². The molecule has 0 spiro atoms. The fourth-order valence-corrected chi connectivity index (χ4v) is 2.12. The van der Waals surface area contributed by atoms with Crippen molar-refractivity contribution < 1.29 is 4.79 Å². The van der Waals surface area contributed by atoms with Crippen LogP contribution in [0.5, 0.6) is 0 Å². The van der Waals surface area contributed by atoms with Gasteiger partial charge in [-0.25, -0.2) is 0 Å². The molecule has 100 valence electrons. The Morgan fingerprint density at radius 1 is 1.24 bits per heavy atom. The molecule has 1 atom stereocenters. The first kappa shape index (κ1) is 14.5. The van der Waals surface area contributed by atoms with E-state index in [9.17, 15) is 4.79 Å². The van der Waals surface area contributed by atoms with Gasteiger partial charge in [-0.1, -0.05) is 13.3 Å². The molecule has 1 fully saturated rings. The van der Waals surface area contributed by atoms with Crippen LogP contribution in [0.1, 0.15) is 39.5 Å². The standard InChI is InChI=1S/C13H27N3O/c1-3-7-15-13(17)12(2)14-8-11-16-9-5-4-6-10-16/h12,14H,3-11H2,1-2H3,(H,15,17). The maximum atomic E-state index is 11.6. The molecule has 0 aromatic heterocycles. The van der Waals surface area contributed by atoms with E-state index in [1.807, 2.05) is 6.92 Å². The van der Waals surface area contributed by atoms with Crippen molar-refractivity contribution in [2.45, 2.75) is 45.6 Å². The molecule has 1 heterocycles. The fourth-order valence-electron chi connectivity index (χ4n) is 2.12. The summed E-state index contributed by atoms with van der Waals surface area (Å²) < 4.78 is 0. The fraction of sp³-hybridized carbons (Fsp3) is 0.923. The Bertz CT molecular complexity index is 215. The number of likely N-dealkylation sites (tertiary alicyclic amines) is 1. The zero-order chi connectivity index (χ0) is 12.5. The Labute approximate surface area is 105 Å². The third-order valence-corrected chi connectivity index (χ3v) is 3.27. The summed E-state index contributed by atoms with van der Waals surface area (Å²) in [6, 6.07) is -0.0775. The second kappa shape index (κ2) is 8.48. The van der Waals surface area contributed by atoms with Crippen LogP contribution in [0.4, 0.5) is 0 Å². The highest BCUT2D eigenvalue weighted by molar-refractivity contribution is 5.81. The van der Waals surface area contributed by atoms with Gasteiger partial charge < -0.3 is 15.5 Å². The van der Waals surface area contributed by atoms with E-state index in [0.29, 0.717) is 0 Å². The van der Waals surface area contributed by atoms with Crippen LogP contribution in [0.25, 0.3) is 0 Å². The SMILES string of the molecule is CCCNC(=O)C(C)NCCN1CCCCC1. The number of hydrogen-bond donors (Lipinski definition) is 2. The number of amides is 1. The van der Waals surface area contributed by atoms with Gasteiger partial charge in [-0.2, -0.15) is 0 Å². The number of nitrogens with zero attached hydrogens (tertiary/aromatic N) is 1. The van der Waals surface area contributed by atoms with E-state index in [1.165, 1.54) is 32.4 Å². The van der Waals surface area contributed by atoms with Crippen molar-refractivity contribution >= 4 is 5.91 Å². The Hall–Kier alpha value is -0.610. The summed E-state index contributed by atoms with van der Waals surface area (Å²) in [7, 11) is 0. The number of nitrogens with one attached hydrogen (secondary N) is 2. The average Bonchev–Trinajstić information content (AvgIpc) is 2.37. The van der Waals surface area contributed by atoms with Crippen molar-refractivity contribution in [1.29, 1.82) is 0 Å². The lowest BCUT2D eigenvalue weighted by Gasteiger charge is -2.27. The molecule has 4 heteroatoms. The van der Waals surface area contributed by atoms with Gasteiger partial charge in [-0.3, -0.25) is 4.79 Å². The molecule has 0 aromatic carbocycles. The predicted molar refractivity (Wildman–Crippen MR) is 71.1 cm³/mol. The van der Waals surface area contributed by atoms with E-state index in [1.54, 1.807) is 0 Å². The number of hydrogen-bond acceptors (Lipinski definition) is 3. The van der Waals surface area contributed by atoms with Gasteiger partial charge in [-0.05, 0) is 39.3 Å². The third-order valence-electron chi connectivity index (χ3n) is 3.27. The van der Waals surface area contributed by atoms with Crippen LogP contribution in [-0.4, -0.2) is 49.6 Å². The molecular formula is C13H27N3O. The lowest BCUT2D eigenvalue weighted by atomic mass is 10.1. The molecule has 1 aliphatic heterocycles. The molecule has 4 nitrogen and oxygen atoms in total. The maximum absolute atomic E-state index is 11.6. The maximum Gasteiger partial charge on any atom is 0.236 e. The second-order valence-electron chi connectivity index (χ2n) is 4.87. The molecule has 0 radical (unpaired) electrons. The first-order valence-corrected chi connectivity index (χ1v) is 6.97.